The topological polar surface area (TPSA) is 75.7 Å². The fourth-order valence-corrected chi connectivity index (χ4v) is 7.76. The molecule has 0 aliphatic carbocycles. The number of anilines is 1. The quantitative estimate of drug-likeness (QED) is 0.225. The average molecular weight is 684 g/mol. The number of rotatable bonds is 5. The van der Waals surface area contributed by atoms with Crippen molar-refractivity contribution < 1.29 is 19.1 Å². The largest absolute Gasteiger partial charge is 0.496 e. The Morgan fingerprint density at radius 3 is 2.36 bits per heavy atom. The number of nitrogens with one attached hydrogen (secondary N) is 1. The lowest BCUT2D eigenvalue weighted by Crippen LogP contribution is -2.49. The van der Waals surface area contributed by atoms with Crippen molar-refractivity contribution in [1.82, 2.24) is 4.90 Å². The van der Waals surface area contributed by atoms with Crippen molar-refractivity contribution in [2.75, 3.05) is 12.4 Å². The molecule has 4 aromatic rings. The third-order valence-electron chi connectivity index (χ3n) is 8.69. The summed E-state index contributed by atoms with van der Waals surface area (Å²) in [5.74, 6) is -1.25. The summed E-state index contributed by atoms with van der Waals surface area (Å²) in [7, 11) is 1.56. The van der Waals surface area contributed by atoms with Crippen LogP contribution >= 0.6 is 31.9 Å². The summed E-state index contributed by atoms with van der Waals surface area (Å²) in [6.45, 7) is 0. The maximum absolute atomic E-state index is 14.8. The van der Waals surface area contributed by atoms with Crippen LogP contribution in [0, 0.1) is 5.92 Å². The number of nitrogens with zero attached hydrogens (tertiary/aromatic N) is 1. The molecule has 1 saturated heterocycles. The lowest BCUT2D eigenvalue weighted by molar-refractivity contribution is -0.122. The molecule has 208 valence electrons. The van der Waals surface area contributed by atoms with E-state index in [1.807, 2.05) is 65.7 Å². The molecule has 0 unspecified atom stereocenters. The van der Waals surface area contributed by atoms with E-state index in [2.05, 4.69) is 37.2 Å². The van der Waals surface area contributed by atoms with E-state index in [0.29, 0.717) is 27.0 Å². The highest BCUT2D eigenvalue weighted by Gasteiger charge is 2.70. The molecule has 42 heavy (non-hydrogen) atoms. The van der Waals surface area contributed by atoms with Gasteiger partial charge >= 0.3 is 0 Å². The minimum absolute atomic E-state index is 0.253. The van der Waals surface area contributed by atoms with Crippen LogP contribution in [0.3, 0.4) is 0 Å². The van der Waals surface area contributed by atoms with Crippen LogP contribution in [0.15, 0.2) is 106 Å². The normalized spacial score (nSPS) is 23.3. The second-order valence-electron chi connectivity index (χ2n) is 10.7. The summed E-state index contributed by atoms with van der Waals surface area (Å²) in [5, 5.41) is 3.08. The fraction of sp³-hybridized carbons (Fsp3) is 0.147. The van der Waals surface area contributed by atoms with E-state index in [4.69, 9.17) is 4.74 Å². The fourth-order valence-electron chi connectivity index (χ4n) is 6.95. The number of para-hydroxylation sites is 1. The Bertz CT molecular complexity index is 1820. The van der Waals surface area contributed by atoms with Gasteiger partial charge in [-0.15, -0.1) is 0 Å². The summed E-state index contributed by atoms with van der Waals surface area (Å²) >= 11 is 6.97. The molecular weight excluding hydrogens is 660 g/mol. The molecule has 7 rings (SSSR count). The monoisotopic (exact) mass is 682 g/mol. The number of benzene rings is 4. The van der Waals surface area contributed by atoms with Gasteiger partial charge in [-0.1, -0.05) is 70.5 Å². The van der Waals surface area contributed by atoms with Gasteiger partial charge in [0.05, 0.1) is 23.5 Å². The van der Waals surface area contributed by atoms with Gasteiger partial charge in [0.15, 0.2) is 11.6 Å². The molecule has 4 aromatic carbocycles. The molecule has 0 bridgehead atoms. The maximum Gasteiger partial charge on any atom is 0.238 e. The molecule has 4 atom stereocenters. The number of Topliss-reactive ketones (excluding diaryl/α,β-unsaturated/α-hetero) is 2. The highest BCUT2D eigenvalue weighted by Crippen LogP contribution is 2.62. The summed E-state index contributed by atoms with van der Waals surface area (Å²) in [6.07, 6.45) is 3.83. The third kappa shape index (κ3) is 3.78. The Hall–Kier alpha value is -4.01. The van der Waals surface area contributed by atoms with Crippen LogP contribution in [0.5, 0.6) is 5.75 Å². The Balaban J connectivity index is 1.52. The van der Waals surface area contributed by atoms with Gasteiger partial charge in [-0.25, -0.2) is 0 Å². The van der Waals surface area contributed by atoms with Gasteiger partial charge in [-0.3, -0.25) is 14.4 Å². The van der Waals surface area contributed by atoms with Crippen LogP contribution in [0.2, 0.25) is 0 Å². The Kier molecular flexibility index (Phi) is 6.44. The number of amides is 1. The SMILES string of the molecule is COc1ccc(C(=O)[C@@H]2[C@H](C(=O)c3ccc(Br)cc3)[C@@]3(C(=O)Nc4ccccc43)[C@@H]3c4ccccc4C=CN23)cc1Br. The van der Waals surface area contributed by atoms with Crippen LogP contribution < -0.4 is 10.1 Å². The Morgan fingerprint density at radius 2 is 1.60 bits per heavy atom. The second kappa shape index (κ2) is 10.1. The van der Waals surface area contributed by atoms with Gasteiger partial charge in [0.2, 0.25) is 5.91 Å². The first-order valence-electron chi connectivity index (χ1n) is 13.5. The van der Waals surface area contributed by atoms with Crippen molar-refractivity contribution >= 4 is 61.1 Å². The third-order valence-corrected chi connectivity index (χ3v) is 9.83. The first kappa shape index (κ1) is 26.9. The lowest BCUT2D eigenvalue weighted by atomic mass is 9.62. The molecule has 3 aliphatic rings. The van der Waals surface area contributed by atoms with E-state index in [1.165, 1.54) is 0 Å². The number of methoxy groups -OCH3 is 1. The predicted molar refractivity (Wildman–Crippen MR) is 168 cm³/mol. The maximum atomic E-state index is 14.8. The van der Waals surface area contributed by atoms with E-state index < -0.39 is 23.4 Å². The van der Waals surface area contributed by atoms with Crippen molar-refractivity contribution in [2.24, 2.45) is 5.92 Å². The smallest absolute Gasteiger partial charge is 0.238 e. The number of carbonyl (C=O) groups excluding carboxylic acids is 3. The Morgan fingerprint density at radius 1 is 0.881 bits per heavy atom. The lowest BCUT2D eigenvalue weighted by Gasteiger charge is -2.38. The molecule has 1 fully saturated rings. The van der Waals surface area contributed by atoms with Gasteiger partial charge in [-0.2, -0.15) is 0 Å². The van der Waals surface area contributed by atoms with Gasteiger partial charge < -0.3 is 15.0 Å². The number of hydrogen-bond donors (Lipinski definition) is 1. The van der Waals surface area contributed by atoms with E-state index in [9.17, 15) is 14.4 Å². The molecule has 3 heterocycles. The summed E-state index contributed by atoms with van der Waals surface area (Å²) in [6, 6.07) is 26.1. The predicted octanol–water partition coefficient (Wildman–Crippen LogP) is 7.20. The highest BCUT2D eigenvalue weighted by atomic mass is 79.9. The zero-order chi connectivity index (χ0) is 29.2. The molecule has 0 aromatic heterocycles. The van der Waals surface area contributed by atoms with Gasteiger partial charge in [0, 0.05) is 27.5 Å². The zero-order valence-electron chi connectivity index (χ0n) is 22.4. The van der Waals surface area contributed by atoms with Crippen molar-refractivity contribution in [2.45, 2.75) is 17.5 Å². The van der Waals surface area contributed by atoms with Gasteiger partial charge in [-0.05, 0) is 75.1 Å². The number of ketones is 2. The van der Waals surface area contributed by atoms with Gasteiger partial charge in [0.25, 0.3) is 0 Å². The van der Waals surface area contributed by atoms with Crippen LogP contribution in [0.25, 0.3) is 6.08 Å². The molecule has 0 saturated carbocycles. The first-order valence-corrected chi connectivity index (χ1v) is 15.1. The number of carbonyl (C=O) groups is 3. The Labute approximate surface area is 259 Å². The summed E-state index contributed by atoms with van der Waals surface area (Å²) in [4.78, 5) is 46.0. The summed E-state index contributed by atoms with van der Waals surface area (Å²) < 4.78 is 6.85. The second-order valence-corrected chi connectivity index (χ2v) is 12.4. The number of hydrogen-bond acceptors (Lipinski definition) is 5. The van der Waals surface area contributed by atoms with Crippen molar-refractivity contribution in [3.8, 4) is 5.75 Å². The van der Waals surface area contributed by atoms with Crippen LogP contribution in [-0.2, 0) is 10.2 Å². The molecule has 1 N–H and O–H groups in total. The number of ether oxygens (including phenoxy) is 1. The highest BCUT2D eigenvalue weighted by molar-refractivity contribution is 9.10. The van der Waals surface area contributed by atoms with Gasteiger partial charge in [0.1, 0.15) is 17.2 Å². The molecule has 3 aliphatic heterocycles. The van der Waals surface area contributed by atoms with Crippen LogP contribution in [-0.4, -0.2) is 35.5 Å². The van der Waals surface area contributed by atoms with Crippen molar-refractivity contribution in [3.63, 3.8) is 0 Å². The average Bonchev–Trinajstić information content (AvgIpc) is 3.49. The number of fused-ring (bicyclic) bond motifs is 6. The van der Waals surface area contributed by atoms with E-state index >= 15 is 0 Å². The number of halogens is 2. The summed E-state index contributed by atoms with van der Waals surface area (Å²) in [5.41, 5.74) is 2.70. The molecule has 6 nitrogen and oxygen atoms in total. The first-order chi connectivity index (χ1) is 20.4. The van der Waals surface area contributed by atoms with Crippen molar-refractivity contribution in [1.29, 1.82) is 0 Å². The zero-order valence-corrected chi connectivity index (χ0v) is 25.6. The molecule has 0 radical (unpaired) electrons. The van der Waals surface area contributed by atoms with Crippen LogP contribution in [0.1, 0.15) is 43.4 Å². The molecular formula is C34H24Br2N2O4. The minimum Gasteiger partial charge on any atom is -0.496 e. The van der Waals surface area contributed by atoms with Crippen molar-refractivity contribution in [3.05, 3.63) is 134 Å². The molecule has 1 spiro atoms. The molecule has 1 amide bonds. The van der Waals surface area contributed by atoms with Crippen LogP contribution in [0.4, 0.5) is 5.69 Å². The van der Waals surface area contributed by atoms with E-state index in [0.717, 1.165) is 21.2 Å². The van der Waals surface area contributed by atoms with E-state index in [1.54, 1.807) is 49.6 Å². The van der Waals surface area contributed by atoms with E-state index in [-0.39, 0.29) is 17.5 Å². The standard InChI is InChI=1S/C34H24Br2N2O4/c1-42-27-15-12-21(18-25(27)36)31(40)29-28(30(39)20-10-13-22(35)14-11-20)34(24-8-4-5-9-26(24)37-33(34)41)32-23-7-3-2-6-19(23)16-17-38(29)32/h2-18,28-29,32H,1H3,(H,37,41)/t28-,29+,32+,34-/m1/s1. The molecule has 8 heteroatoms. The minimum atomic E-state index is -1.37.